The molecule has 7 nitrogen and oxygen atoms in total. The fourth-order valence-corrected chi connectivity index (χ4v) is 10.5. The van der Waals surface area contributed by atoms with Gasteiger partial charge in [-0.2, -0.15) is 15.0 Å². The highest BCUT2D eigenvalue weighted by atomic mass is 16.2. The minimum Gasteiger partial charge on any atom is -0.295 e. The molecule has 1 aromatic heterocycles. The van der Waals surface area contributed by atoms with Crippen LogP contribution in [0, 0.1) is 61.6 Å². The molecule has 0 N–H and O–H groups in total. The monoisotopic (exact) mass is 542 g/mol. The van der Waals surface area contributed by atoms with Gasteiger partial charge in [-0.1, -0.05) is 60.1 Å². The maximum Gasteiger partial charge on any atom is 0.254 e. The van der Waals surface area contributed by atoms with E-state index >= 15 is 0 Å². The maximum atomic E-state index is 14.6. The average Bonchev–Trinajstić information content (AvgIpc) is 3.42. The average molecular weight is 543 g/mol. The molecule has 3 fully saturated rings. The number of nitrogens with zero attached hydrogens (tertiary/aromatic N) is 4. The minimum atomic E-state index is -0.684. The third kappa shape index (κ3) is 3.20. The second-order valence-electron chi connectivity index (χ2n) is 15.6. The summed E-state index contributed by atoms with van der Waals surface area (Å²) >= 11 is 0. The van der Waals surface area contributed by atoms with Crippen molar-refractivity contribution < 1.29 is 14.4 Å². The molecule has 0 aliphatic heterocycles. The van der Waals surface area contributed by atoms with Crippen molar-refractivity contribution in [1.82, 2.24) is 14.8 Å². The third-order valence-electron chi connectivity index (χ3n) is 12.9. The highest BCUT2D eigenvalue weighted by Gasteiger charge is 2.71. The first-order chi connectivity index (χ1) is 18.6. The summed E-state index contributed by atoms with van der Waals surface area (Å²) in [5.41, 5.74) is -1.21. The van der Waals surface area contributed by atoms with Gasteiger partial charge in [0.1, 0.15) is 18.7 Å². The second kappa shape index (κ2) is 8.11. The highest BCUT2D eigenvalue weighted by molar-refractivity contribution is 6.04. The Bertz CT molecular complexity index is 1430. The van der Waals surface area contributed by atoms with Crippen LogP contribution in [0.25, 0.3) is 0 Å². The van der Waals surface area contributed by atoms with Gasteiger partial charge in [-0.05, 0) is 79.1 Å². The Balaban J connectivity index is 1.53. The number of hydrogen-bond donors (Lipinski definition) is 0. The molecule has 5 aliphatic rings. The number of carbonyl (C=O) groups excluding carboxylic acids is 3. The summed E-state index contributed by atoms with van der Waals surface area (Å²) in [6.45, 7) is 15.2. The van der Waals surface area contributed by atoms with E-state index in [9.17, 15) is 19.6 Å². The Labute approximate surface area is 237 Å². The van der Waals surface area contributed by atoms with E-state index in [4.69, 9.17) is 0 Å². The number of fused-ring (bicyclic) bond motifs is 7. The zero-order valence-corrected chi connectivity index (χ0v) is 25.0. The van der Waals surface area contributed by atoms with Crippen LogP contribution in [0.2, 0.25) is 0 Å². The molecule has 7 heteroatoms. The fourth-order valence-electron chi connectivity index (χ4n) is 10.5. The summed E-state index contributed by atoms with van der Waals surface area (Å²) in [5, 5.41) is 14.1. The Hall–Kier alpha value is -2.88. The van der Waals surface area contributed by atoms with Crippen molar-refractivity contribution in [1.29, 1.82) is 5.26 Å². The van der Waals surface area contributed by atoms with Crippen LogP contribution in [-0.4, -0.2) is 32.2 Å². The number of aromatic nitrogens is 3. The molecular weight excluding hydrogens is 500 g/mol. The molecule has 0 spiro atoms. The van der Waals surface area contributed by atoms with E-state index in [0.29, 0.717) is 0 Å². The van der Waals surface area contributed by atoms with E-state index in [-0.39, 0.29) is 57.0 Å². The third-order valence-corrected chi connectivity index (χ3v) is 12.9. The molecule has 3 saturated carbocycles. The Morgan fingerprint density at radius 2 is 1.73 bits per heavy atom. The number of Topliss-reactive ketones (excluding diaryl/α,β-unsaturated/α-hetero) is 1. The summed E-state index contributed by atoms with van der Waals surface area (Å²) in [4.78, 5) is 46.0. The summed E-state index contributed by atoms with van der Waals surface area (Å²) in [5.74, 6) is -0.357. The van der Waals surface area contributed by atoms with Crippen molar-refractivity contribution in [2.24, 2.45) is 50.2 Å². The van der Waals surface area contributed by atoms with E-state index in [0.717, 1.165) is 50.5 Å². The summed E-state index contributed by atoms with van der Waals surface area (Å²) in [7, 11) is 0. The van der Waals surface area contributed by atoms with Crippen LogP contribution >= 0.6 is 0 Å². The molecular formula is C33H42N4O3. The lowest BCUT2D eigenvalue weighted by Crippen LogP contribution is -2.66. The number of allylic oxidation sites excluding steroid dienone is 4. The van der Waals surface area contributed by atoms with Gasteiger partial charge in [-0.15, -0.1) is 0 Å². The van der Waals surface area contributed by atoms with Crippen molar-refractivity contribution in [3.63, 3.8) is 0 Å². The molecule has 5 aliphatic carbocycles. The molecule has 40 heavy (non-hydrogen) atoms. The smallest absolute Gasteiger partial charge is 0.254 e. The van der Waals surface area contributed by atoms with E-state index in [2.05, 4.69) is 50.8 Å². The van der Waals surface area contributed by atoms with Gasteiger partial charge in [0, 0.05) is 16.7 Å². The lowest BCUT2D eigenvalue weighted by Gasteiger charge is -2.68. The molecule has 7 atom stereocenters. The molecule has 2 unspecified atom stereocenters. The summed E-state index contributed by atoms with van der Waals surface area (Å²) in [6, 6.07) is 2.18. The van der Waals surface area contributed by atoms with Crippen molar-refractivity contribution in [3.05, 3.63) is 36.0 Å². The van der Waals surface area contributed by atoms with Crippen molar-refractivity contribution >= 4 is 17.5 Å². The largest absolute Gasteiger partial charge is 0.295 e. The van der Waals surface area contributed by atoms with E-state index < -0.39 is 16.2 Å². The van der Waals surface area contributed by atoms with Gasteiger partial charge in [0.05, 0.1) is 11.0 Å². The quantitative estimate of drug-likeness (QED) is 0.422. The Kier molecular flexibility index (Phi) is 5.53. The molecule has 0 saturated heterocycles. The molecule has 6 rings (SSSR count). The van der Waals surface area contributed by atoms with Crippen molar-refractivity contribution in [2.45, 2.75) is 93.4 Å². The summed E-state index contributed by atoms with van der Waals surface area (Å²) in [6.07, 6.45) is 12.4. The lowest BCUT2D eigenvalue weighted by atomic mass is 9.34. The number of nitriles is 1. The molecule has 0 radical (unpaired) electrons. The van der Waals surface area contributed by atoms with Gasteiger partial charge in [-0.3, -0.25) is 14.4 Å². The van der Waals surface area contributed by atoms with Crippen LogP contribution in [0.5, 0.6) is 0 Å². The first-order valence-electron chi connectivity index (χ1n) is 14.9. The Morgan fingerprint density at radius 1 is 1.02 bits per heavy atom. The van der Waals surface area contributed by atoms with Gasteiger partial charge < -0.3 is 0 Å². The SMILES string of the molecule is CC1(C)CC[C@]2(C(=O)n3cncn3)CC[C@]3(C)C(C(=O)C=C4[C@@]5(C)C=C(C#N)C(=O)C(C)(C)[C@@H]5CC[C@]43C)C2C1. The molecule has 1 heterocycles. The molecule has 1 aromatic rings. The number of carbonyl (C=O) groups is 3. The zero-order chi connectivity index (χ0) is 29.1. The zero-order valence-electron chi connectivity index (χ0n) is 25.0. The fraction of sp³-hybridized carbons (Fsp3) is 0.697. The summed E-state index contributed by atoms with van der Waals surface area (Å²) < 4.78 is 1.39. The van der Waals surface area contributed by atoms with Gasteiger partial charge in [0.25, 0.3) is 5.91 Å². The first-order valence-corrected chi connectivity index (χ1v) is 14.9. The predicted molar refractivity (Wildman–Crippen MR) is 150 cm³/mol. The predicted octanol–water partition coefficient (Wildman–Crippen LogP) is 6.14. The Morgan fingerprint density at radius 3 is 2.38 bits per heavy atom. The van der Waals surface area contributed by atoms with E-state index in [1.807, 2.05) is 26.0 Å². The lowest BCUT2D eigenvalue weighted by molar-refractivity contribution is -0.164. The van der Waals surface area contributed by atoms with Gasteiger partial charge in [-0.25, -0.2) is 4.98 Å². The van der Waals surface area contributed by atoms with Crippen LogP contribution in [0.1, 0.15) is 98.2 Å². The first kappa shape index (κ1) is 27.3. The van der Waals surface area contributed by atoms with Gasteiger partial charge in [0.2, 0.25) is 0 Å². The van der Waals surface area contributed by atoms with Gasteiger partial charge >= 0.3 is 0 Å². The van der Waals surface area contributed by atoms with Gasteiger partial charge in [0.15, 0.2) is 11.6 Å². The topological polar surface area (TPSA) is 106 Å². The van der Waals surface area contributed by atoms with E-state index in [1.165, 1.54) is 17.3 Å². The standard InChI is InChI=1S/C33H42N4O3/c1-28(2)10-12-33(27(40)37-19-35-18-36-37)13-11-32(7)25(21(33)16-28)22(38)14-24-30(5)15-20(17-34)26(39)29(3,4)23(30)8-9-31(24,32)6/h14-15,18-19,21,23,25H,8-13,16H2,1-7H3/t21?,23-,25?,30-,31+,32+,33-/m0/s1. The number of ketones is 2. The highest BCUT2D eigenvalue weighted by Crippen LogP contribution is 2.74. The van der Waals surface area contributed by atoms with Crippen LogP contribution in [-0.2, 0) is 9.59 Å². The minimum absolute atomic E-state index is 0.0158. The van der Waals surface area contributed by atoms with Crippen molar-refractivity contribution in [2.75, 3.05) is 0 Å². The van der Waals surface area contributed by atoms with E-state index in [1.54, 1.807) is 0 Å². The van der Waals surface area contributed by atoms with Crippen LogP contribution in [0.3, 0.4) is 0 Å². The number of rotatable bonds is 1. The van der Waals surface area contributed by atoms with Crippen molar-refractivity contribution in [3.8, 4) is 6.07 Å². The molecule has 0 aromatic carbocycles. The molecule has 212 valence electrons. The molecule has 0 bridgehead atoms. The molecule has 0 amide bonds. The van der Waals surface area contributed by atoms with Crippen LogP contribution in [0.4, 0.5) is 0 Å². The normalized spacial score (nSPS) is 43.2. The van der Waals surface area contributed by atoms with Crippen LogP contribution < -0.4 is 0 Å². The second-order valence-corrected chi connectivity index (χ2v) is 15.6. The number of hydrogen-bond acceptors (Lipinski definition) is 6. The maximum absolute atomic E-state index is 14.6. The van der Waals surface area contributed by atoms with Crippen LogP contribution in [0.15, 0.2) is 36.0 Å².